The number of hydrogen-bond acceptors (Lipinski definition) is 5. The van der Waals surface area contributed by atoms with Crippen molar-refractivity contribution >= 4 is 23.3 Å². The molecule has 6 nitrogen and oxygen atoms in total. The maximum Gasteiger partial charge on any atom is 0.246 e. The van der Waals surface area contributed by atoms with Crippen molar-refractivity contribution < 1.29 is 14.1 Å². The smallest absolute Gasteiger partial charge is 0.246 e. The molecule has 1 aromatic heterocycles. The average Bonchev–Trinajstić information content (AvgIpc) is 3.14. The fourth-order valence-corrected chi connectivity index (χ4v) is 2.77. The third-order valence-corrected chi connectivity index (χ3v) is 4.25. The van der Waals surface area contributed by atoms with Crippen LogP contribution in [0.3, 0.4) is 0 Å². The molecule has 27 heavy (non-hydrogen) atoms. The van der Waals surface area contributed by atoms with Crippen LogP contribution in [0.2, 0.25) is 5.02 Å². The van der Waals surface area contributed by atoms with Crippen molar-refractivity contribution in [3.05, 3.63) is 70.6 Å². The molecule has 3 rings (SSSR count). The Hall–Kier alpha value is -2.99. The Morgan fingerprint density at radius 3 is 2.70 bits per heavy atom. The predicted octanol–water partition coefficient (Wildman–Crippen LogP) is 3.98. The Morgan fingerprint density at radius 1 is 1.11 bits per heavy atom. The minimum Gasteiger partial charge on any atom is -0.347 e. The molecule has 0 saturated carbocycles. The highest BCUT2D eigenvalue weighted by Crippen LogP contribution is 2.19. The quantitative estimate of drug-likeness (QED) is 0.624. The number of amides is 1. The highest BCUT2D eigenvalue weighted by Gasteiger charge is 2.13. The Morgan fingerprint density at radius 2 is 1.93 bits per heavy atom. The van der Waals surface area contributed by atoms with Crippen molar-refractivity contribution in [3.63, 3.8) is 0 Å². The van der Waals surface area contributed by atoms with Gasteiger partial charge in [0.1, 0.15) is 0 Å². The van der Waals surface area contributed by atoms with Gasteiger partial charge < -0.3 is 9.84 Å². The molecule has 1 heterocycles. The SMILES string of the molecule is Cc1ccccc1C(=O)CCC(=O)NCc1nc(-c2cccc(Cl)c2)no1. The van der Waals surface area contributed by atoms with E-state index in [0.29, 0.717) is 16.4 Å². The van der Waals surface area contributed by atoms with Gasteiger partial charge in [-0.15, -0.1) is 0 Å². The lowest BCUT2D eigenvalue weighted by atomic mass is 10.0. The summed E-state index contributed by atoms with van der Waals surface area (Å²) in [6.07, 6.45) is 0.247. The van der Waals surface area contributed by atoms with E-state index in [2.05, 4.69) is 15.5 Å². The van der Waals surface area contributed by atoms with Crippen LogP contribution in [0, 0.1) is 6.92 Å². The average molecular weight is 384 g/mol. The molecule has 1 amide bonds. The monoisotopic (exact) mass is 383 g/mol. The van der Waals surface area contributed by atoms with Crippen molar-refractivity contribution in [2.45, 2.75) is 26.3 Å². The number of nitrogens with one attached hydrogen (secondary N) is 1. The van der Waals surface area contributed by atoms with Crippen LogP contribution in [-0.2, 0) is 11.3 Å². The summed E-state index contributed by atoms with van der Waals surface area (Å²) in [6, 6.07) is 14.4. The molecule has 1 N–H and O–H groups in total. The van der Waals surface area contributed by atoms with E-state index in [9.17, 15) is 9.59 Å². The third-order valence-electron chi connectivity index (χ3n) is 4.01. The molecule has 0 aliphatic carbocycles. The third kappa shape index (κ3) is 5.01. The topological polar surface area (TPSA) is 85.1 Å². The highest BCUT2D eigenvalue weighted by molar-refractivity contribution is 6.30. The number of Topliss-reactive ketones (excluding diaryl/α,β-unsaturated/α-hetero) is 1. The Bertz CT molecular complexity index is 968. The van der Waals surface area contributed by atoms with Crippen LogP contribution in [0.4, 0.5) is 0 Å². The predicted molar refractivity (Wildman–Crippen MR) is 101 cm³/mol. The summed E-state index contributed by atoms with van der Waals surface area (Å²) in [5.74, 6) is 0.378. The molecule has 0 spiro atoms. The number of carbonyl (C=O) groups excluding carboxylic acids is 2. The summed E-state index contributed by atoms with van der Waals surface area (Å²) in [4.78, 5) is 28.4. The van der Waals surface area contributed by atoms with E-state index in [0.717, 1.165) is 11.1 Å². The molecule has 7 heteroatoms. The first-order valence-corrected chi connectivity index (χ1v) is 8.85. The molecule has 138 valence electrons. The van der Waals surface area contributed by atoms with Gasteiger partial charge in [0.25, 0.3) is 0 Å². The lowest BCUT2D eigenvalue weighted by Gasteiger charge is -2.05. The second-order valence-electron chi connectivity index (χ2n) is 6.04. The summed E-state index contributed by atoms with van der Waals surface area (Å²) < 4.78 is 5.13. The van der Waals surface area contributed by atoms with Gasteiger partial charge in [-0.05, 0) is 24.6 Å². The number of benzene rings is 2. The minimum atomic E-state index is -0.251. The summed E-state index contributed by atoms with van der Waals surface area (Å²) >= 11 is 5.95. The zero-order valence-corrected chi connectivity index (χ0v) is 15.5. The molecule has 2 aromatic carbocycles. The molecule has 3 aromatic rings. The number of nitrogens with zero attached hydrogens (tertiary/aromatic N) is 2. The van der Waals surface area contributed by atoms with E-state index < -0.39 is 0 Å². The maximum atomic E-state index is 12.2. The van der Waals surface area contributed by atoms with E-state index in [-0.39, 0.29) is 37.0 Å². The van der Waals surface area contributed by atoms with Crippen LogP contribution in [0.1, 0.15) is 34.7 Å². The molecule has 0 atom stereocenters. The van der Waals surface area contributed by atoms with Gasteiger partial charge in [-0.1, -0.05) is 53.2 Å². The summed E-state index contributed by atoms with van der Waals surface area (Å²) in [6.45, 7) is 1.98. The van der Waals surface area contributed by atoms with Gasteiger partial charge in [0.05, 0.1) is 6.54 Å². The van der Waals surface area contributed by atoms with Crippen molar-refractivity contribution in [1.82, 2.24) is 15.5 Å². The zero-order valence-electron chi connectivity index (χ0n) is 14.7. The second kappa shape index (κ2) is 8.60. The van der Waals surface area contributed by atoms with E-state index in [1.165, 1.54) is 0 Å². The fourth-order valence-electron chi connectivity index (χ4n) is 2.58. The fraction of sp³-hybridized carbons (Fsp3) is 0.200. The molecule has 0 bridgehead atoms. The normalized spacial score (nSPS) is 10.6. The second-order valence-corrected chi connectivity index (χ2v) is 6.47. The van der Waals surface area contributed by atoms with Crippen molar-refractivity contribution in [1.29, 1.82) is 0 Å². The number of halogens is 1. The standard InChI is InChI=1S/C20H18ClN3O3/c1-13-5-2-3-8-16(13)17(25)9-10-18(26)22-12-19-23-20(24-27-19)14-6-4-7-15(21)11-14/h2-8,11H,9-10,12H2,1H3,(H,22,26). The maximum absolute atomic E-state index is 12.2. The molecule has 0 radical (unpaired) electrons. The van der Waals surface area contributed by atoms with Crippen molar-refractivity contribution in [3.8, 4) is 11.4 Å². The van der Waals surface area contributed by atoms with Crippen molar-refractivity contribution in [2.24, 2.45) is 0 Å². The highest BCUT2D eigenvalue weighted by atomic mass is 35.5. The number of ketones is 1. The van der Waals surface area contributed by atoms with E-state index in [1.54, 1.807) is 24.3 Å². The molecular weight excluding hydrogens is 366 g/mol. The molecule has 0 aliphatic heterocycles. The van der Waals surface area contributed by atoms with Crippen LogP contribution in [0.25, 0.3) is 11.4 Å². The van der Waals surface area contributed by atoms with Gasteiger partial charge in [0.15, 0.2) is 5.78 Å². The van der Waals surface area contributed by atoms with Gasteiger partial charge in [0.2, 0.25) is 17.6 Å². The largest absolute Gasteiger partial charge is 0.347 e. The van der Waals surface area contributed by atoms with Gasteiger partial charge in [-0.3, -0.25) is 9.59 Å². The Kier molecular flexibility index (Phi) is 5.98. The first kappa shape index (κ1) is 18.8. The van der Waals surface area contributed by atoms with Crippen LogP contribution < -0.4 is 5.32 Å². The van der Waals surface area contributed by atoms with Crippen LogP contribution in [0.5, 0.6) is 0 Å². The lowest BCUT2D eigenvalue weighted by Crippen LogP contribution is -2.23. The molecular formula is C20H18ClN3O3. The first-order chi connectivity index (χ1) is 13.0. The van der Waals surface area contributed by atoms with E-state index >= 15 is 0 Å². The minimum absolute atomic E-state index is 0.0516. The first-order valence-electron chi connectivity index (χ1n) is 8.47. The van der Waals surface area contributed by atoms with E-state index in [4.69, 9.17) is 16.1 Å². The molecule has 0 unspecified atom stereocenters. The number of rotatable bonds is 7. The number of aromatic nitrogens is 2. The van der Waals surface area contributed by atoms with Gasteiger partial charge in [0, 0.05) is 29.0 Å². The van der Waals surface area contributed by atoms with E-state index in [1.807, 2.05) is 31.2 Å². The number of carbonyl (C=O) groups is 2. The number of aryl methyl sites for hydroxylation is 1. The lowest BCUT2D eigenvalue weighted by molar-refractivity contribution is -0.121. The van der Waals surface area contributed by atoms with Crippen LogP contribution in [-0.4, -0.2) is 21.8 Å². The summed E-state index contributed by atoms with van der Waals surface area (Å²) in [5.41, 5.74) is 2.28. The van der Waals surface area contributed by atoms with Gasteiger partial charge in [-0.25, -0.2) is 0 Å². The van der Waals surface area contributed by atoms with Gasteiger partial charge >= 0.3 is 0 Å². The number of hydrogen-bond donors (Lipinski definition) is 1. The molecule has 0 aliphatic rings. The Labute approximate surface area is 161 Å². The van der Waals surface area contributed by atoms with Crippen LogP contribution in [0.15, 0.2) is 53.1 Å². The van der Waals surface area contributed by atoms with Crippen LogP contribution >= 0.6 is 11.6 Å². The van der Waals surface area contributed by atoms with Crippen molar-refractivity contribution in [2.75, 3.05) is 0 Å². The molecule has 0 saturated heterocycles. The zero-order chi connectivity index (χ0) is 19.2. The van der Waals surface area contributed by atoms with Gasteiger partial charge in [-0.2, -0.15) is 4.98 Å². The Balaban J connectivity index is 1.50. The summed E-state index contributed by atoms with van der Waals surface area (Å²) in [7, 11) is 0. The summed E-state index contributed by atoms with van der Waals surface area (Å²) in [5, 5.41) is 7.14. The molecule has 0 fully saturated rings.